The molecule has 0 saturated carbocycles. The molecule has 0 aromatic heterocycles. The molecule has 0 fully saturated rings. The number of nitro benzene ring substituents is 1. The van der Waals surface area contributed by atoms with Gasteiger partial charge >= 0.3 is 0 Å². The van der Waals surface area contributed by atoms with Gasteiger partial charge in [-0.25, -0.2) is 0 Å². The summed E-state index contributed by atoms with van der Waals surface area (Å²) in [5, 5.41) is 38.2. The van der Waals surface area contributed by atoms with Crippen molar-refractivity contribution in [1.82, 2.24) is 0 Å². The predicted molar refractivity (Wildman–Crippen MR) is 107 cm³/mol. The first-order valence-corrected chi connectivity index (χ1v) is 9.05. The Morgan fingerprint density at radius 1 is 1.30 bits per heavy atom. The number of nitriles is 1. The van der Waals surface area contributed by atoms with Crippen LogP contribution in [0.4, 0.5) is 22.7 Å². The lowest BCUT2D eigenvalue weighted by molar-refractivity contribution is -0.384. The summed E-state index contributed by atoms with van der Waals surface area (Å²) in [4.78, 5) is 35.7. The highest BCUT2D eigenvalue weighted by molar-refractivity contribution is 6.04. The number of hydrogen-bond donors (Lipinski definition) is 1. The van der Waals surface area contributed by atoms with Crippen LogP contribution in [-0.4, -0.2) is 34.7 Å². The highest BCUT2D eigenvalue weighted by Crippen LogP contribution is 2.38. The Labute approximate surface area is 171 Å². The average molecular weight is 407 g/mol. The standard InChI is InChI=1S/C20H17N5O5/c1-12(26)4-6-24-7-5-19(27)15-9-17(20(28)10-18(15)24)23-22-16-3-2-14(25(29)30)8-13(16)11-21/h2-3,8-10,28H,4-7H2,1H3. The third-order valence-corrected chi connectivity index (χ3v) is 4.65. The van der Waals surface area contributed by atoms with Gasteiger partial charge in [0.05, 0.1) is 16.2 Å². The summed E-state index contributed by atoms with van der Waals surface area (Å²) >= 11 is 0. The number of phenols is 1. The van der Waals surface area contributed by atoms with Gasteiger partial charge in [0.2, 0.25) is 0 Å². The van der Waals surface area contributed by atoms with Crippen LogP contribution < -0.4 is 4.90 Å². The third kappa shape index (κ3) is 4.30. The summed E-state index contributed by atoms with van der Waals surface area (Å²) in [6.45, 7) is 2.38. The zero-order valence-electron chi connectivity index (χ0n) is 16.0. The van der Waals surface area contributed by atoms with Gasteiger partial charge in [-0.3, -0.25) is 19.7 Å². The van der Waals surface area contributed by atoms with Crippen LogP contribution in [0.1, 0.15) is 35.7 Å². The topological polar surface area (TPSA) is 149 Å². The number of nitro groups is 1. The second-order valence-electron chi connectivity index (χ2n) is 6.74. The Kier molecular flexibility index (Phi) is 5.83. The van der Waals surface area contributed by atoms with Crippen LogP contribution in [0.2, 0.25) is 0 Å². The smallest absolute Gasteiger partial charge is 0.270 e. The van der Waals surface area contributed by atoms with Gasteiger partial charge in [0.25, 0.3) is 5.69 Å². The Morgan fingerprint density at radius 2 is 2.03 bits per heavy atom. The molecule has 10 heteroatoms. The highest BCUT2D eigenvalue weighted by Gasteiger charge is 2.25. The number of hydrogen-bond acceptors (Lipinski definition) is 9. The Hall–Kier alpha value is -4.13. The molecule has 2 aromatic rings. The van der Waals surface area contributed by atoms with Crippen LogP contribution in [-0.2, 0) is 4.79 Å². The number of nitrogens with zero attached hydrogens (tertiary/aromatic N) is 5. The van der Waals surface area contributed by atoms with Gasteiger partial charge in [0.15, 0.2) is 5.78 Å². The van der Waals surface area contributed by atoms with E-state index in [1.165, 1.54) is 31.2 Å². The molecule has 10 nitrogen and oxygen atoms in total. The quantitative estimate of drug-likeness (QED) is 0.432. The molecule has 0 bridgehead atoms. The van der Waals surface area contributed by atoms with E-state index in [4.69, 9.17) is 0 Å². The van der Waals surface area contributed by atoms with Crippen LogP contribution in [0.3, 0.4) is 0 Å². The van der Waals surface area contributed by atoms with Crippen LogP contribution in [0, 0.1) is 21.4 Å². The van der Waals surface area contributed by atoms with Crippen molar-refractivity contribution in [3.63, 3.8) is 0 Å². The van der Waals surface area contributed by atoms with E-state index < -0.39 is 4.92 Å². The number of rotatable bonds is 6. The van der Waals surface area contributed by atoms with Gasteiger partial charge in [0.1, 0.15) is 29.0 Å². The van der Waals surface area contributed by atoms with Crippen molar-refractivity contribution in [2.24, 2.45) is 10.2 Å². The molecule has 0 saturated heterocycles. The van der Waals surface area contributed by atoms with Gasteiger partial charge in [0, 0.05) is 49.7 Å². The molecule has 2 aromatic carbocycles. The number of azo groups is 1. The number of non-ortho nitro benzene ring substituents is 1. The van der Waals surface area contributed by atoms with E-state index in [-0.39, 0.29) is 46.4 Å². The first kappa shape index (κ1) is 20.6. The molecule has 1 N–H and O–H groups in total. The predicted octanol–water partition coefficient (Wildman–Crippen LogP) is 3.96. The molecule has 152 valence electrons. The monoisotopic (exact) mass is 407 g/mol. The largest absolute Gasteiger partial charge is 0.506 e. The first-order valence-electron chi connectivity index (χ1n) is 9.05. The summed E-state index contributed by atoms with van der Waals surface area (Å²) in [5.41, 5.74) is 0.709. The average Bonchev–Trinajstić information content (AvgIpc) is 2.71. The highest BCUT2D eigenvalue weighted by atomic mass is 16.6. The van der Waals surface area contributed by atoms with E-state index in [1.807, 2.05) is 11.0 Å². The minimum atomic E-state index is -0.624. The van der Waals surface area contributed by atoms with Gasteiger partial charge in [-0.1, -0.05) is 0 Å². The lowest BCUT2D eigenvalue weighted by atomic mass is 9.99. The molecule has 1 aliphatic rings. The van der Waals surface area contributed by atoms with Crippen molar-refractivity contribution < 1.29 is 19.6 Å². The first-order chi connectivity index (χ1) is 14.3. The molecule has 0 amide bonds. The summed E-state index contributed by atoms with van der Waals surface area (Å²) in [6, 6.07) is 8.19. The number of Topliss-reactive ketones (excluding diaryl/α,β-unsaturated/α-hetero) is 2. The molecule has 0 spiro atoms. The number of fused-ring (bicyclic) bond motifs is 1. The van der Waals surface area contributed by atoms with E-state index >= 15 is 0 Å². The van der Waals surface area contributed by atoms with Crippen LogP contribution in [0.15, 0.2) is 40.6 Å². The van der Waals surface area contributed by atoms with Gasteiger partial charge < -0.3 is 10.0 Å². The van der Waals surface area contributed by atoms with Gasteiger partial charge in [-0.05, 0) is 19.1 Å². The second-order valence-corrected chi connectivity index (χ2v) is 6.74. The zero-order valence-corrected chi connectivity index (χ0v) is 16.0. The van der Waals surface area contributed by atoms with Crippen molar-refractivity contribution in [1.29, 1.82) is 5.26 Å². The Balaban J connectivity index is 1.94. The maximum absolute atomic E-state index is 12.4. The number of phenolic OH excluding ortho intramolecular Hbond substituents is 1. The lowest BCUT2D eigenvalue weighted by Crippen LogP contribution is -2.33. The molecule has 1 aliphatic heterocycles. The van der Waals surface area contributed by atoms with Crippen LogP contribution in [0.5, 0.6) is 5.75 Å². The molecule has 0 unspecified atom stereocenters. The molecule has 3 rings (SSSR count). The molecule has 0 radical (unpaired) electrons. The molecule has 1 heterocycles. The third-order valence-electron chi connectivity index (χ3n) is 4.65. The van der Waals surface area contributed by atoms with E-state index in [0.717, 1.165) is 6.07 Å². The van der Waals surface area contributed by atoms with Crippen molar-refractivity contribution in [3.8, 4) is 11.8 Å². The van der Waals surface area contributed by atoms with Crippen molar-refractivity contribution in [3.05, 3.63) is 51.6 Å². The number of aromatic hydroxyl groups is 1. The minimum absolute atomic E-state index is 0.0257. The second kappa shape index (κ2) is 8.48. The summed E-state index contributed by atoms with van der Waals surface area (Å²) in [5.74, 6) is -0.312. The summed E-state index contributed by atoms with van der Waals surface area (Å²) < 4.78 is 0. The maximum atomic E-state index is 12.4. The SMILES string of the molecule is CC(=O)CCN1CCC(=O)c2cc(N=Nc3ccc([N+](=O)[O-])cc3C#N)c(O)cc21. The maximum Gasteiger partial charge on any atom is 0.270 e. The summed E-state index contributed by atoms with van der Waals surface area (Å²) in [7, 11) is 0. The van der Waals surface area contributed by atoms with E-state index in [0.29, 0.717) is 30.8 Å². The normalized spacial score (nSPS) is 13.2. The fourth-order valence-electron chi connectivity index (χ4n) is 3.07. The summed E-state index contributed by atoms with van der Waals surface area (Å²) in [6.07, 6.45) is 0.597. The molecule has 30 heavy (non-hydrogen) atoms. The minimum Gasteiger partial charge on any atom is -0.506 e. The van der Waals surface area contributed by atoms with Crippen LogP contribution >= 0.6 is 0 Å². The van der Waals surface area contributed by atoms with E-state index in [9.17, 15) is 30.1 Å². The number of carbonyl (C=O) groups excluding carboxylic acids is 2. The molecular weight excluding hydrogens is 390 g/mol. The van der Waals surface area contributed by atoms with Crippen molar-refractivity contribution in [2.75, 3.05) is 18.0 Å². The molecule has 0 atom stereocenters. The Bertz CT molecular complexity index is 1120. The van der Waals surface area contributed by atoms with Crippen LogP contribution in [0.25, 0.3) is 0 Å². The van der Waals surface area contributed by atoms with E-state index in [2.05, 4.69) is 10.2 Å². The fraction of sp³-hybridized carbons (Fsp3) is 0.250. The molecular formula is C20H17N5O5. The zero-order chi connectivity index (χ0) is 21.8. The lowest BCUT2D eigenvalue weighted by Gasteiger charge is -2.30. The number of ketones is 2. The van der Waals surface area contributed by atoms with Crippen molar-refractivity contribution in [2.45, 2.75) is 19.8 Å². The van der Waals surface area contributed by atoms with E-state index in [1.54, 1.807) is 0 Å². The Morgan fingerprint density at radius 3 is 2.70 bits per heavy atom. The fourth-order valence-corrected chi connectivity index (χ4v) is 3.07. The number of benzene rings is 2. The molecule has 0 aliphatic carbocycles. The van der Waals surface area contributed by atoms with Gasteiger partial charge in [-0.15, -0.1) is 10.2 Å². The number of anilines is 1. The number of carbonyl (C=O) groups is 2. The van der Waals surface area contributed by atoms with Crippen molar-refractivity contribution >= 4 is 34.3 Å². The van der Waals surface area contributed by atoms with Gasteiger partial charge in [-0.2, -0.15) is 5.26 Å².